The minimum absolute atomic E-state index is 0.308. The Kier molecular flexibility index (Phi) is 7.69. The number of sulfonamides is 1. The minimum atomic E-state index is -3.71. The van der Waals surface area contributed by atoms with Crippen LogP contribution in [0.2, 0.25) is 10.0 Å². The number of halogens is 2. The summed E-state index contributed by atoms with van der Waals surface area (Å²) in [6, 6.07) is 11.0. The summed E-state index contributed by atoms with van der Waals surface area (Å²) >= 11 is 11.9. The van der Waals surface area contributed by atoms with Crippen molar-refractivity contribution in [2.45, 2.75) is 32.2 Å². The number of hydrogen-bond acceptors (Lipinski definition) is 4. The molecule has 3 rings (SSSR count). The molecule has 0 spiro atoms. The number of para-hydroxylation sites is 1. The van der Waals surface area contributed by atoms with Crippen molar-refractivity contribution in [1.29, 1.82) is 0 Å². The van der Waals surface area contributed by atoms with Crippen LogP contribution in [0.15, 0.2) is 42.5 Å². The van der Waals surface area contributed by atoms with Crippen molar-refractivity contribution in [3.63, 3.8) is 0 Å². The zero-order valence-electron chi connectivity index (χ0n) is 17.8. The van der Waals surface area contributed by atoms with E-state index >= 15 is 0 Å². The van der Waals surface area contributed by atoms with E-state index in [9.17, 15) is 18.0 Å². The van der Waals surface area contributed by atoms with Crippen LogP contribution in [0.25, 0.3) is 0 Å². The molecular weight excluding hydrogens is 473 g/mol. The molecule has 172 valence electrons. The van der Waals surface area contributed by atoms with E-state index in [0.29, 0.717) is 34.4 Å². The number of nitrogens with zero attached hydrogens (tertiary/aromatic N) is 2. The highest BCUT2D eigenvalue weighted by atomic mass is 35.5. The lowest BCUT2D eigenvalue weighted by atomic mass is 10.0. The number of piperidine rings is 1. The van der Waals surface area contributed by atoms with Crippen LogP contribution < -0.4 is 9.62 Å². The van der Waals surface area contributed by atoms with Crippen LogP contribution in [0.5, 0.6) is 0 Å². The summed E-state index contributed by atoms with van der Waals surface area (Å²) in [5, 5.41) is 3.46. The van der Waals surface area contributed by atoms with Gasteiger partial charge in [0, 0.05) is 12.2 Å². The van der Waals surface area contributed by atoms with E-state index in [2.05, 4.69) is 5.32 Å². The van der Waals surface area contributed by atoms with Gasteiger partial charge in [0.05, 0.1) is 22.0 Å². The smallest absolute Gasteiger partial charge is 0.247 e. The molecule has 1 aliphatic rings. The predicted octanol–water partition coefficient (Wildman–Crippen LogP) is 4.09. The zero-order valence-corrected chi connectivity index (χ0v) is 20.2. The standard InChI is InChI=1S/C22H25Cl2N3O4S/c1-15-7-3-4-8-19(15)27(32(2,30)31)14-21(28)26-12-6-5-9-20(26)22(29)25-16-10-11-17(23)18(24)13-16/h3-4,7-8,10-11,13,20H,5-6,9,12,14H2,1-2H3,(H,25,29). The Morgan fingerprint density at radius 3 is 2.50 bits per heavy atom. The Labute approximate surface area is 198 Å². The fourth-order valence-electron chi connectivity index (χ4n) is 3.74. The van der Waals surface area contributed by atoms with E-state index in [0.717, 1.165) is 29.0 Å². The van der Waals surface area contributed by atoms with E-state index in [4.69, 9.17) is 23.2 Å². The van der Waals surface area contributed by atoms with Crippen molar-refractivity contribution in [1.82, 2.24) is 4.90 Å². The molecule has 2 aromatic rings. The SMILES string of the molecule is Cc1ccccc1N(CC(=O)N1CCCCC1C(=O)Nc1ccc(Cl)c(Cl)c1)S(C)(=O)=O. The molecule has 0 radical (unpaired) electrons. The number of aryl methyl sites for hydroxylation is 1. The van der Waals surface area contributed by atoms with Crippen LogP contribution in [-0.4, -0.2) is 50.5 Å². The molecule has 1 aliphatic heterocycles. The van der Waals surface area contributed by atoms with Crippen LogP contribution >= 0.6 is 23.2 Å². The molecule has 1 N–H and O–H groups in total. The fraction of sp³-hybridized carbons (Fsp3) is 0.364. The number of benzene rings is 2. The minimum Gasteiger partial charge on any atom is -0.329 e. The molecule has 1 fully saturated rings. The van der Waals surface area contributed by atoms with E-state index in [1.165, 1.54) is 4.90 Å². The third-order valence-corrected chi connectivity index (χ3v) is 7.24. The number of carbonyl (C=O) groups excluding carboxylic acids is 2. The van der Waals surface area contributed by atoms with Gasteiger partial charge >= 0.3 is 0 Å². The highest BCUT2D eigenvalue weighted by molar-refractivity contribution is 7.92. The number of nitrogens with one attached hydrogen (secondary N) is 1. The Hall–Kier alpha value is -2.29. The first kappa shape index (κ1) is 24.4. The molecule has 7 nitrogen and oxygen atoms in total. The van der Waals surface area contributed by atoms with Gasteiger partial charge in [-0.25, -0.2) is 8.42 Å². The molecule has 0 aromatic heterocycles. The first-order valence-electron chi connectivity index (χ1n) is 10.2. The molecule has 1 saturated heterocycles. The summed E-state index contributed by atoms with van der Waals surface area (Å²) in [7, 11) is -3.71. The largest absolute Gasteiger partial charge is 0.329 e. The van der Waals surface area contributed by atoms with Crippen LogP contribution in [0.1, 0.15) is 24.8 Å². The Bertz CT molecular complexity index is 1120. The van der Waals surface area contributed by atoms with E-state index in [-0.39, 0.29) is 12.5 Å². The van der Waals surface area contributed by atoms with Gasteiger partial charge < -0.3 is 10.2 Å². The second-order valence-electron chi connectivity index (χ2n) is 7.77. The van der Waals surface area contributed by atoms with Gasteiger partial charge in [-0.3, -0.25) is 13.9 Å². The maximum Gasteiger partial charge on any atom is 0.247 e. The second-order valence-corrected chi connectivity index (χ2v) is 10.5. The Morgan fingerprint density at radius 2 is 1.84 bits per heavy atom. The van der Waals surface area contributed by atoms with Crippen LogP contribution in [0.4, 0.5) is 11.4 Å². The number of anilines is 2. The van der Waals surface area contributed by atoms with Gasteiger partial charge in [0.1, 0.15) is 12.6 Å². The number of amides is 2. The van der Waals surface area contributed by atoms with E-state index < -0.39 is 22.0 Å². The van der Waals surface area contributed by atoms with Crippen molar-refractivity contribution >= 4 is 56.4 Å². The maximum atomic E-state index is 13.2. The lowest BCUT2D eigenvalue weighted by Crippen LogP contribution is -2.53. The molecule has 10 heteroatoms. The van der Waals surface area contributed by atoms with Crippen molar-refractivity contribution in [2.24, 2.45) is 0 Å². The highest BCUT2D eigenvalue weighted by Crippen LogP contribution is 2.27. The van der Waals surface area contributed by atoms with E-state index in [1.54, 1.807) is 49.4 Å². The summed E-state index contributed by atoms with van der Waals surface area (Å²) in [6.07, 6.45) is 3.09. The third kappa shape index (κ3) is 5.74. The lowest BCUT2D eigenvalue weighted by Gasteiger charge is -2.36. The monoisotopic (exact) mass is 497 g/mol. The average Bonchev–Trinajstić information content (AvgIpc) is 2.74. The molecule has 2 amide bonds. The van der Waals surface area contributed by atoms with Gasteiger partial charge in [0.25, 0.3) is 0 Å². The molecule has 1 unspecified atom stereocenters. The van der Waals surface area contributed by atoms with Crippen molar-refractivity contribution < 1.29 is 18.0 Å². The van der Waals surface area contributed by atoms with Gasteiger partial charge in [-0.05, 0) is 56.0 Å². The van der Waals surface area contributed by atoms with Crippen LogP contribution in [0, 0.1) is 6.92 Å². The van der Waals surface area contributed by atoms with Crippen molar-refractivity contribution in [2.75, 3.05) is 29.0 Å². The molecule has 0 bridgehead atoms. The molecule has 2 aromatic carbocycles. The number of hydrogen-bond donors (Lipinski definition) is 1. The highest BCUT2D eigenvalue weighted by Gasteiger charge is 2.34. The van der Waals surface area contributed by atoms with E-state index in [1.807, 2.05) is 0 Å². The molecule has 1 heterocycles. The lowest BCUT2D eigenvalue weighted by molar-refractivity contribution is -0.139. The molecule has 1 atom stereocenters. The predicted molar refractivity (Wildman–Crippen MR) is 128 cm³/mol. The second kappa shape index (κ2) is 10.1. The van der Waals surface area contributed by atoms with Gasteiger partial charge in [-0.1, -0.05) is 41.4 Å². The average molecular weight is 498 g/mol. The van der Waals surface area contributed by atoms with Gasteiger partial charge in [-0.15, -0.1) is 0 Å². The van der Waals surface area contributed by atoms with Crippen LogP contribution in [-0.2, 0) is 19.6 Å². The van der Waals surface area contributed by atoms with Gasteiger partial charge in [0.2, 0.25) is 21.8 Å². The van der Waals surface area contributed by atoms with Crippen molar-refractivity contribution in [3.05, 3.63) is 58.1 Å². The zero-order chi connectivity index (χ0) is 23.5. The number of carbonyl (C=O) groups is 2. The molecule has 32 heavy (non-hydrogen) atoms. The molecule has 0 aliphatic carbocycles. The Balaban J connectivity index is 1.80. The topological polar surface area (TPSA) is 86.8 Å². The molecular formula is C22H25Cl2N3O4S. The van der Waals surface area contributed by atoms with Crippen LogP contribution in [0.3, 0.4) is 0 Å². The summed E-state index contributed by atoms with van der Waals surface area (Å²) in [5.41, 5.74) is 1.65. The number of rotatable bonds is 6. The number of likely N-dealkylation sites (tertiary alicyclic amines) is 1. The van der Waals surface area contributed by atoms with Gasteiger partial charge in [0.15, 0.2) is 0 Å². The van der Waals surface area contributed by atoms with Crippen molar-refractivity contribution in [3.8, 4) is 0 Å². The maximum absolute atomic E-state index is 13.2. The first-order valence-corrected chi connectivity index (χ1v) is 12.8. The summed E-state index contributed by atoms with van der Waals surface area (Å²) in [4.78, 5) is 27.6. The quantitative estimate of drug-likeness (QED) is 0.650. The Morgan fingerprint density at radius 1 is 1.12 bits per heavy atom. The summed E-state index contributed by atoms with van der Waals surface area (Å²) in [5.74, 6) is -0.772. The van der Waals surface area contributed by atoms with Gasteiger partial charge in [-0.2, -0.15) is 0 Å². The summed E-state index contributed by atoms with van der Waals surface area (Å²) in [6.45, 7) is 1.79. The first-order chi connectivity index (χ1) is 15.1. The molecule has 0 saturated carbocycles. The summed E-state index contributed by atoms with van der Waals surface area (Å²) < 4.78 is 26.0. The fourth-order valence-corrected chi connectivity index (χ4v) is 4.95. The normalized spacial score (nSPS) is 16.5. The third-order valence-electron chi connectivity index (χ3n) is 5.38.